The molecule has 2 rings (SSSR count). The fraction of sp³-hybridized carbons (Fsp3) is 0.562. The highest BCUT2D eigenvalue weighted by Gasteiger charge is 2.55. The minimum atomic E-state index is -1.21. The van der Waals surface area contributed by atoms with Crippen molar-refractivity contribution in [2.45, 2.75) is 44.9 Å². The van der Waals surface area contributed by atoms with Crippen LogP contribution >= 0.6 is 0 Å². The van der Waals surface area contributed by atoms with Crippen molar-refractivity contribution >= 4 is 6.09 Å². The van der Waals surface area contributed by atoms with Crippen LogP contribution in [-0.2, 0) is 0 Å². The number of hydrogen-bond acceptors (Lipinski definition) is 4. The van der Waals surface area contributed by atoms with Crippen LogP contribution in [0.1, 0.15) is 27.2 Å². The van der Waals surface area contributed by atoms with Crippen molar-refractivity contribution in [2.24, 2.45) is 0 Å². The zero-order valence-electron chi connectivity index (χ0n) is 13.1. The zero-order valence-corrected chi connectivity index (χ0v) is 13.1. The quantitative estimate of drug-likeness (QED) is 0.854. The molecule has 0 aromatic heterocycles. The molecule has 1 aliphatic rings. The van der Waals surface area contributed by atoms with Gasteiger partial charge in [0.15, 0.2) is 0 Å². The van der Waals surface area contributed by atoms with E-state index in [1.165, 1.54) is 24.3 Å². The number of ether oxygens (including phenoxy) is 1. The van der Waals surface area contributed by atoms with E-state index < -0.39 is 23.8 Å². The van der Waals surface area contributed by atoms with Crippen molar-refractivity contribution in [3.8, 4) is 5.75 Å². The number of hydrogen-bond donors (Lipinski definition) is 1. The van der Waals surface area contributed by atoms with Crippen LogP contribution in [-0.4, -0.2) is 46.5 Å². The Kier molecular flexibility index (Phi) is 4.44. The van der Waals surface area contributed by atoms with E-state index in [-0.39, 0.29) is 23.5 Å². The molecule has 122 valence electrons. The third kappa shape index (κ3) is 2.94. The standard InChI is InChI=1S/C16H22FNO4/c1-16(2,3)18(15(20)21)9-13(19)8-12(18)10-22-14-6-4-11(17)5-7-14/h4-7,12-13,19H,8-10H2,1-3H3/t12-,13+,18?/m1/s1. The molecule has 1 heterocycles. The maximum absolute atomic E-state index is 12.9. The first-order chi connectivity index (χ1) is 10.2. The summed E-state index contributed by atoms with van der Waals surface area (Å²) < 4.78 is 18.1. The van der Waals surface area contributed by atoms with Gasteiger partial charge in [0.05, 0.1) is 5.54 Å². The molecule has 1 saturated heterocycles. The topological polar surface area (TPSA) is 69.6 Å². The SMILES string of the molecule is CC(C)(C)[N+]1(C(=O)[O-])C[C@@H](O)C[C@@H]1COc1ccc(F)cc1. The van der Waals surface area contributed by atoms with Gasteiger partial charge in [0, 0.05) is 6.42 Å². The lowest BCUT2D eigenvalue weighted by atomic mass is 10.00. The van der Waals surface area contributed by atoms with E-state index in [0.717, 1.165) is 0 Å². The summed E-state index contributed by atoms with van der Waals surface area (Å²) in [6, 6.07) is 5.12. The number of amides is 1. The van der Waals surface area contributed by atoms with Gasteiger partial charge < -0.3 is 19.7 Å². The predicted molar refractivity (Wildman–Crippen MR) is 76.6 cm³/mol. The van der Waals surface area contributed by atoms with Gasteiger partial charge >= 0.3 is 0 Å². The zero-order chi connectivity index (χ0) is 16.5. The van der Waals surface area contributed by atoms with E-state index in [4.69, 9.17) is 4.74 Å². The summed E-state index contributed by atoms with van der Waals surface area (Å²) in [5.74, 6) is 0.103. The molecule has 22 heavy (non-hydrogen) atoms. The Bertz CT molecular complexity index is 540. The maximum atomic E-state index is 12.9. The van der Waals surface area contributed by atoms with Crippen molar-refractivity contribution < 1.29 is 28.6 Å². The second-order valence-electron chi connectivity index (χ2n) is 6.80. The Morgan fingerprint density at radius 2 is 2.00 bits per heavy atom. The third-order valence-corrected chi connectivity index (χ3v) is 4.45. The van der Waals surface area contributed by atoms with Crippen LogP contribution in [0.25, 0.3) is 0 Å². The van der Waals surface area contributed by atoms with Crippen molar-refractivity contribution in [3.63, 3.8) is 0 Å². The second-order valence-corrected chi connectivity index (χ2v) is 6.80. The number of halogens is 1. The minimum Gasteiger partial charge on any atom is -0.498 e. The van der Waals surface area contributed by atoms with Crippen LogP contribution in [0.15, 0.2) is 24.3 Å². The number of benzene rings is 1. The lowest BCUT2D eigenvalue weighted by molar-refractivity contribution is -0.931. The highest BCUT2D eigenvalue weighted by atomic mass is 19.1. The van der Waals surface area contributed by atoms with Gasteiger partial charge in [0.2, 0.25) is 0 Å². The monoisotopic (exact) mass is 311 g/mol. The lowest BCUT2D eigenvalue weighted by Gasteiger charge is -2.48. The summed E-state index contributed by atoms with van der Waals surface area (Å²) in [6.45, 7) is 5.65. The van der Waals surface area contributed by atoms with E-state index in [9.17, 15) is 19.4 Å². The Balaban J connectivity index is 2.20. The van der Waals surface area contributed by atoms with Crippen LogP contribution in [0.2, 0.25) is 0 Å². The first-order valence-electron chi connectivity index (χ1n) is 7.32. The lowest BCUT2D eigenvalue weighted by Crippen LogP contribution is -2.71. The number of aliphatic hydroxyl groups excluding tert-OH is 1. The molecular formula is C16H22FNO4. The highest BCUT2D eigenvalue weighted by molar-refractivity contribution is 5.55. The number of nitrogens with zero attached hydrogens (tertiary/aromatic N) is 1. The molecule has 3 atom stereocenters. The molecule has 0 spiro atoms. The van der Waals surface area contributed by atoms with Crippen molar-refractivity contribution in [1.82, 2.24) is 0 Å². The molecule has 0 bridgehead atoms. The van der Waals surface area contributed by atoms with Gasteiger partial charge in [-0.05, 0) is 45.0 Å². The summed E-state index contributed by atoms with van der Waals surface area (Å²) in [5, 5.41) is 21.8. The molecule has 5 nitrogen and oxygen atoms in total. The Hall–Kier alpha value is -1.66. The minimum absolute atomic E-state index is 0.100. The molecule has 1 aliphatic heterocycles. The molecule has 1 unspecified atom stereocenters. The van der Waals surface area contributed by atoms with E-state index in [1.54, 1.807) is 0 Å². The second kappa shape index (κ2) is 5.85. The van der Waals surface area contributed by atoms with Gasteiger partial charge in [-0.3, -0.25) is 4.48 Å². The molecule has 1 fully saturated rings. The van der Waals surface area contributed by atoms with Gasteiger partial charge in [-0.15, -0.1) is 0 Å². The Morgan fingerprint density at radius 3 is 2.50 bits per heavy atom. The van der Waals surface area contributed by atoms with Gasteiger partial charge in [0.1, 0.15) is 36.9 Å². The van der Waals surface area contributed by atoms with Crippen LogP contribution in [0.4, 0.5) is 9.18 Å². The predicted octanol–water partition coefficient (Wildman–Crippen LogP) is 1.30. The average Bonchev–Trinajstić information content (AvgIpc) is 2.76. The Morgan fingerprint density at radius 1 is 1.41 bits per heavy atom. The normalized spacial score (nSPS) is 28.6. The van der Waals surface area contributed by atoms with Crippen molar-refractivity contribution in [2.75, 3.05) is 13.2 Å². The largest absolute Gasteiger partial charge is 0.498 e. The third-order valence-electron chi connectivity index (χ3n) is 4.45. The molecule has 1 aromatic carbocycles. The fourth-order valence-corrected chi connectivity index (χ4v) is 3.29. The molecule has 6 heteroatoms. The fourth-order valence-electron chi connectivity index (χ4n) is 3.29. The summed E-state index contributed by atoms with van der Waals surface area (Å²) >= 11 is 0. The number of rotatable bonds is 3. The van der Waals surface area contributed by atoms with Gasteiger partial charge in [-0.2, -0.15) is 0 Å². The Labute approximate surface area is 129 Å². The maximum Gasteiger partial charge on any atom is 0.258 e. The molecule has 1 N–H and O–H groups in total. The number of aliphatic hydroxyl groups is 1. The van der Waals surface area contributed by atoms with Crippen LogP contribution < -0.4 is 9.84 Å². The van der Waals surface area contributed by atoms with E-state index in [1.807, 2.05) is 20.8 Å². The van der Waals surface area contributed by atoms with E-state index >= 15 is 0 Å². The van der Waals surface area contributed by atoms with Crippen LogP contribution in [0, 0.1) is 5.82 Å². The molecule has 0 saturated carbocycles. The number of likely N-dealkylation sites (tertiary alicyclic amines) is 1. The van der Waals surface area contributed by atoms with Crippen molar-refractivity contribution in [1.29, 1.82) is 0 Å². The summed E-state index contributed by atoms with van der Waals surface area (Å²) in [7, 11) is 0. The number of carboxylic acid groups (broad SMARTS) is 1. The van der Waals surface area contributed by atoms with Crippen LogP contribution in [0.3, 0.4) is 0 Å². The summed E-state index contributed by atoms with van der Waals surface area (Å²) in [5.41, 5.74) is -0.632. The molecular weight excluding hydrogens is 289 g/mol. The van der Waals surface area contributed by atoms with Gasteiger partial charge in [-0.25, -0.2) is 4.39 Å². The average molecular weight is 311 g/mol. The summed E-state index contributed by atoms with van der Waals surface area (Å²) in [4.78, 5) is 11.8. The van der Waals surface area contributed by atoms with Gasteiger partial charge in [0.25, 0.3) is 6.09 Å². The molecule has 0 aliphatic carbocycles. The molecule has 0 radical (unpaired) electrons. The molecule has 1 amide bonds. The first-order valence-corrected chi connectivity index (χ1v) is 7.32. The van der Waals surface area contributed by atoms with Crippen LogP contribution in [0.5, 0.6) is 5.75 Å². The van der Waals surface area contributed by atoms with E-state index in [2.05, 4.69) is 0 Å². The number of carbonyl (C=O) groups is 1. The molecule has 1 aromatic rings. The highest BCUT2D eigenvalue weighted by Crippen LogP contribution is 2.36. The number of carbonyl (C=O) groups excluding carboxylic acids is 1. The van der Waals surface area contributed by atoms with Crippen molar-refractivity contribution in [3.05, 3.63) is 30.1 Å². The summed E-state index contributed by atoms with van der Waals surface area (Å²) in [6.07, 6.45) is -1.59. The van der Waals surface area contributed by atoms with Gasteiger partial charge in [-0.1, -0.05) is 0 Å². The van der Waals surface area contributed by atoms with E-state index in [0.29, 0.717) is 12.2 Å². The first kappa shape index (κ1) is 16.7. The number of quaternary nitrogens is 1. The smallest absolute Gasteiger partial charge is 0.258 e.